The molecule has 0 saturated heterocycles. The van der Waals surface area contributed by atoms with Crippen molar-refractivity contribution >= 4 is 18.1 Å². The first-order valence-corrected chi connectivity index (χ1v) is 9.57. The summed E-state index contributed by atoms with van der Waals surface area (Å²) in [4.78, 5) is 11.7. The van der Waals surface area contributed by atoms with Gasteiger partial charge in [0.1, 0.15) is 5.82 Å². The van der Waals surface area contributed by atoms with Crippen LogP contribution in [0.25, 0.3) is 34.4 Å². The van der Waals surface area contributed by atoms with Gasteiger partial charge in [-0.05, 0) is 63.7 Å². The van der Waals surface area contributed by atoms with Gasteiger partial charge in [0.15, 0.2) is 0 Å². The summed E-state index contributed by atoms with van der Waals surface area (Å²) in [6.45, 7) is 0. The van der Waals surface area contributed by atoms with Crippen molar-refractivity contribution in [3.63, 3.8) is 0 Å². The van der Waals surface area contributed by atoms with E-state index in [1.165, 1.54) is 12.1 Å². The summed E-state index contributed by atoms with van der Waals surface area (Å²) in [5, 5.41) is 9.57. The van der Waals surface area contributed by atoms with Gasteiger partial charge >= 0.3 is 5.97 Å². The highest BCUT2D eigenvalue weighted by Gasteiger charge is 2.10. The van der Waals surface area contributed by atoms with Crippen LogP contribution >= 0.6 is 0 Å². The van der Waals surface area contributed by atoms with Crippen LogP contribution in [0.5, 0.6) is 0 Å². The van der Waals surface area contributed by atoms with Crippen LogP contribution in [0.4, 0.5) is 4.39 Å². The summed E-state index contributed by atoms with van der Waals surface area (Å²) < 4.78 is 13.2. The lowest BCUT2D eigenvalue weighted by Gasteiger charge is -2.07. The molecule has 2 nitrogen and oxygen atoms in total. The number of carboxylic acids is 1. The maximum absolute atomic E-state index is 13.2. The minimum absolute atomic E-state index is 0.219. The molecule has 0 aliphatic heterocycles. The van der Waals surface area contributed by atoms with E-state index in [0.717, 1.165) is 27.8 Å². The molecular weight excluding hydrogens is 375 g/mol. The number of hydrogen-bond donors (Lipinski definition) is 1. The average molecular weight is 394 g/mol. The van der Waals surface area contributed by atoms with E-state index in [0.29, 0.717) is 5.56 Å². The van der Waals surface area contributed by atoms with E-state index in [-0.39, 0.29) is 11.4 Å². The molecule has 0 aliphatic carbocycles. The Morgan fingerprint density at radius 3 is 2.03 bits per heavy atom. The Morgan fingerprint density at radius 1 is 0.667 bits per heavy atom. The molecule has 1 N–H and O–H groups in total. The van der Waals surface area contributed by atoms with Gasteiger partial charge in [0, 0.05) is 0 Å². The normalized spacial score (nSPS) is 11.0. The van der Waals surface area contributed by atoms with E-state index in [1.54, 1.807) is 30.3 Å². The number of benzene rings is 4. The van der Waals surface area contributed by atoms with Crippen molar-refractivity contribution in [3.05, 3.63) is 120 Å². The lowest BCUT2D eigenvalue weighted by molar-refractivity contribution is 0.0696. The van der Waals surface area contributed by atoms with Crippen LogP contribution in [0.3, 0.4) is 0 Å². The molecule has 30 heavy (non-hydrogen) atoms. The summed E-state index contributed by atoms with van der Waals surface area (Å²) in [6.07, 6.45) is 3.71. The van der Waals surface area contributed by atoms with E-state index >= 15 is 0 Å². The van der Waals surface area contributed by atoms with Gasteiger partial charge in [-0.2, -0.15) is 0 Å². The molecule has 0 amide bonds. The van der Waals surface area contributed by atoms with Gasteiger partial charge in [-0.25, -0.2) is 9.18 Å². The highest BCUT2D eigenvalue weighted by Crippen LogP contribution is 2.25. The zero-order valence-corrected chi connectivity index (χ0v) is 16.1. The first-order chi connectivity index (χ1) is 14.6. The first-order valence-electron chi connectivity index (χ1n) is 9.57. The zero-order chi connectivity index (χ0) is 20.9. The van der Waals surface area contributed by atoms with Crippen molar-refractivity contribution in [2.75, 3.05) is 0 Å². The summed E-state index contributed by atoms with van der Waals surface area (Å²) in [6, 6.07) is 29.4. The Hall–Kier alpha value is -3.98. The minimum atomic E-state index is -0.988. The van der Waals surface area contributed by atoms with Gasteiger partial charge in [0.05, 0.1) is 5.56 Å². The maximum atomic E-state index is 13.2. The molecule has 146 valence electrons. The maximum Gasteiger partial charge on any atom is 0.336 e. The predicted octanol–water partition coefficient (Wildman–Crippen LogP) is 7.03. The fraction of sp³-hybridized carbons (Fsp3) is 0. The fourth-order valence-corrected chi connectivity index (χ4v) is 3.36. The number of carbonyl (C=O) groups is 1. The highest BCUT2D eigenvalue weighted by molar-refractivity contribution is 5.94. The van der Waals surface area contributed by atoms with Crippen molar-refractivity contribution in [2.45, 2.75) is 0 Å². The molecule has 4 rings (SSSR count). The average Bonchev–Trinajstić information content (AvgIpc) is 2.79. The van der Waals surface area contributed by atoms with E-state index < -0.39 is 5.97 Å². The van der Waals surface area contributed by atoms with Gasteiger partial charge in [-0.15, -0.1) is 0 Å². The van der Waals surface area contributed by atoms with E-state index in [2.05, 4.69) is 18.2 Å². The minimum Gasteiger partial charge on any atom is -0.478 e. The molecule has 0 aliphatic rings. The highest BCUT2D eigenvalue weighted by atomic mass is 19.1. The third-order valence-corrected chi connectivity index (χ3v) is 4.91. The van der Waals surface area contributed by atoms with Gasteiger partial charge in [-0.1, -0.05) is 78.9 Å². The Kier molecular flexibility index (Phi) is 5.53. The van der Waals surface area contributed by atoms with Gasteiger partial charge in [-0.3, -0.25) is 0 Å². The second-order valence-corrected chi connectivity index (χ2v) is 6.94. The second kappa shape index (κ2) is 8.58. The lowest BCUT2D eigenvalue weighted by Crippen LogP contribution is -1.99. The van der Waals surface area contributed by atoms with Gasteiger partial charge in [0.2, 0.25) is 0 Å². The summed E-state index contributed by atoms with van der Waals surface area (Å²) in [5.74, 6) is -1.29. The van der Waals surface area contributed by atoms with Crippen LogP contribution in [-0.4, -0.2) is 11.1 Å². The third kappa shape index (κ3) is 4.36. The molecule has 0 radical (unpaired) electrons. The molecule has 0 saturated carbocycles. The molecule has 4 aromatic rings. The quantitative estimate of drug-likeness (QED) is 0.369. The Labute approximate surface area is 174 Å². The molecule has 0 bridgehead atoms. The van der Waals surface area contributed by atoms with Gasteiger partial charge < -0.3 is 5.11 Å². The Balaban J connectivity index is 1.69. The monoisotopic (exact) mass is 394 g/mol. The molecule has 0 heterocycles. The molecule has 0 fully saturated rings. The largest absolute Gasteiger partial charge is 0.478 e. The Morgan fingerprint density at radius 2 is 1.30 bits per heavy atom. The lowest BCUT2D eigenvalue weighted by atomic mass is 9.97. The van der Waals surface area contributed by atoms with Crippen LogP contribution < -0.4 is 0 Å². The summed E-state index contributed by atoms with van der Waals surface area (Å²) in [7, 11) is 0. The summed E-state index contributed by atoms with van der Waals surface area (Å²) in [5.41, 5.74) is 5.66. The van der Waals surface area contributed by atoms with Crippen molar-refractivity contribution < 1.29 is 14.3 Å². The van der Waals surface area contributed by atoms with Crippen molar-refractivity contribution in [2.24, 2.45) is 0 Å². The molecule has 0 atom stereocenters. The number of hydrogen-bond acceptors (Lipinski definition) is 1. The van der Waals surface area contributed by atoms with Gasteiger partial charge in [0.25, 0.3) is 0 Å². The van der Waals surface area contributed by atoms with Crippen LogP contribution in [0, 0.1) is 5.82 Å². The Bertz CT molecular complexity index is 1210. The third-order valence-electron chi connectivity index (χ3n) is 4.91. The van der Waals surface area contributed by atoms with Crippen molar-refractivity contribution in [3.8, 4) is 22.3 Å². The number of rotatable bonds is 5. The number of aromatic carboxylic acids is 1. The molecule has 0 unspecified atom stereocenters. The van der Waals surface area contributed by atoms with E-state index in [1.807, 2.05) is 48.5 Å². The number of halogens is 1. The predicted molar refractivity (Wildman–Crippen MR) is 120 cm³/mol. The van der Waals surface area contributed by atoms with Crippen molar-refractivity contribution in [1.29, 1.82) is 0 Å². The molecule has 3 heteroatoms. The van der Waals surface area contributed by atoms with Crippen LogP contribution in [0.2, 0.25) is 0 Å². The van der Waals surface area contributed by atoms with Crippen LogP contribution in [-0.2, 0) is 0 Å². The summed E-state index contributed by atoms with van der Waals surface area (Å²) >= 11 is 0. The first kappa shape index (κ1) is 19.3. The fourth-order valence-electron chi connectivity index (χ4n) is 3.36. The van der Waals surface area contributed by atoms with Crippen LogP contribution in [0.15, 0.2) is 97.1 Å². The zero-order valence-electron chi connectivity index (χ0n) is 16.1. The molecule has 0 aromatic heterocycles. The topological polar surface area (TPSA) is 37.3 Å². The molecule has 0 spiro atoms. The SMILES string of the molecule is O=C(O)c1ccc(-c2ccc(F)cc2)cc1C=Cc1cccc(-c2ccccc2)c1. The van der Waals surface area contributed by atoms with E-state index in [9.17, 15) is 14.3 Å². The molecule has 4 aromatic carbocycles. The molecular formula is C27H19FO2. The number of carboxylic acid groups (broad SMARTS) is 1. The van der Waals surface area contributed by atoms with E-state index in [4.69, 9.17) is 0 Å². The van der Waals surface area contributed by atoms with Crippen LogP contribution in [0.1, 0.15) is 21.5 Å². The van der Waals surface area contributed by atoms with Crippen molar-refractivity contribution in [1.82, 2.24) is 0 Å². The smallest absolute Gasteiger partial charge is 0.336 e. The standard InChI is InChI=1S/C27H19FO2/c28-25-14-11-21(12-15-25)23-13-16-26(27(29)30)24(18-23)10-9-19-5-4-8-22(17-19)20-6-2-1-3-7-20/h1-18H,(H,29,30). The second-order valence-electron chi connectivity index (χ2n) is 6.94.